The molecule has 28 heavy (non-hydrogen) atoms. The van der Waals surface area contributed by atoms with E-state index in [0.29, 0.717) is 47.8 Å². The summed E-state index contributed by atoms with van der Waals surface area (Å²) in [5.41, 5.74) is 3.08. The number of fused-ring (bicyclic) bond motifs is 3. The second-order valence-corrected chi connectivity index (χ2v) is 8.43. The second kappa shape index (κ2) is 6.17. The number of amides is 2. The van der Waals surface area contributed by atoms with E-state index in [-0.39, 0.29) is 23.0 Å². The van der Waals surface area contributed by atoms with Crippen molar-refractivity contribution in [1.29, 1.82) is 0 Å². The summed E-state index contributed by atoms with van der Waals surface area (Å²) in [4.78, 5) is 39.7. The first kappa shape index (κ1) is 17.4. The number of likely N-dealkylation sites (tertiary alicyclic amines) is 1. The summed E-state index contributed by atoms with van der Waals surface area (Å²) in [5, 5.41) is 3.42. The van der Waals surface area contributed by atoms with Crippen molar-refractivity contribution in [3.05, 3.63) is 58.1 Å². The van der Waals surface area contributed by atoms with Crippen molar-refractivity contribution < 1.29 is 14.4 Å². The molecule has 2 fully saturated rings. The van der Waals surface area contributed by atoms with Gasteiger partial charge in [0.2, 0.25) is 5.91 Å². The van der Waals surface area contributed by atoms with E-state index in [1.807, 2.05) is 23.1 Å². The molecule has 2 amide bonds. The van der Waals surface area contributed by atoms with Gasteiger partial charge in [-0.05, 0) is 47.6 Å². The zero-order valence-corrected chi connectivity index (χ0v) is 16.0. The van der Waals surface area contributed by atoms with Crippen LogP contribution in [0.2, 0.25) is 5.02 Å². The number of carbonyl (C=O) groups excluding carboxylic acids is 3. The molecule has 0 aromatic heterocycles. The van der Waals surface area contributed by atoms with Crippen LogP contribution in [0.4, 0.5) is 0 Å². The Morgan fingerprint density at radius 1 is 1.04 bits per heavy atom. The highest BCUT2D eigenvalue weighted by Gasteiger charge is 2.42. The quantitative estimate of drug-likeness (QED) is 0.688. The average molecular weight is 395 g/mol. The minimum atomic E-state index is -0.143. The summed E-state index contributed by atoms with van der Waals surface area (Å²) in [6.45, 7) is 1.90. The highest BCUT2D eigenvalue weighted by molar-refractivity contribution is 6.32. The number of piperidine rings is 1. The van der Waals surface area contributed by atoms with E-state index < -0.39 is 0 Å². The average Bonchev–Trinajstić information content (AvgIpc) is 3.20. The van der Waals surface area contributed by atoms with Crippen LogP contribution in [0.5, 0.6) is 0 Å². The van der Waals surface area contributed by atoms with Crippen molar-refractivity contribution in [2.75, 3.05) is 19.6 Å². The Morgan fingerprint density at radius 2 is 1.82 bits per heavy atom. The van der Waals surface area contributed by atoms with E-state index in [1.165, 1.54) is 0 Å². The predicted octanol–water partition coefficient (Wildman–Crippen LogP) is 3.29. The molecule has 0 radical (unpaired) electrons. The second-order valence-electron chi connectivity index (χ2n) is 7.99. The molecular formula is C22H19ClN2O3. The van der Waals surface area contributed by atoms with Crippen LogP contribution in [-0.2, 0) is 4.79 Å². The number of nitrogens with one attached hydrogen (secondary N) is 1. The molecule has 1 aliphatic carbocycles. The van der Waals surface area contributed by atoms with E-state index in [1.54, 1.807) is 18.2 Å². The Kier molecular flexibility index (Phi) is 3.85. The normalized spacial score (nSPS) is 19.5. The topological polar surface area (TPSA) is 66.5 Å². The van der Waals surface area contributed by atoms with Crippen LogP contribution >= 0.6 is 11.6 Å². The zero-order chi connectivity index (χ0) is 19.5. The predicted molar refractivity (Wildman–Crippen MR) is 106 cm³/mol. The third kappa shape index (κ3) is 2.57. The van der Waals surface area contributed by atoms with Gasteiger partial charge in [0.15, 0.2) is 5.78 Å². The molecule has 5 nitrogen and oxygen atoms in total. The Labute approximate surface area is 167 Å². The largest absolute Gasteiger partial charge is 0.356 e. The summed E-state index contributed by atoms with van der Waals surface area (Å²) in [6.07, 6.45) is 2.15. The summed E-state index contributed by atoms with van der Waals surface area (Å²) in [6, 6.07) is 10.7. The maximum atomic E-state index is 13.3. The maximum Gasteiger partial charge on any atom is 0.254 e. The van der Waals surface area contributed by atoms with Crippen molar-refractivity contribution >= 4 is 29.2 Å². The highest BCUT2D eigenvalue weighted by atomic mass is 35.5. The fraction of sp³-hybridized carbons (Fsp3) is 0.318. The monoisotopic (exact) mass is 394 g/mol. The zero-order valence-electron chi connectivity index (χ0n) is 15.3. The summed E-state index contributed by atoms with van der Waals surface area (Å²) < 4.78 is 0. The number of hydrogen-bond acceptors (Lipinski definition) is 3. The summed E-state index contributed by atoms with van der Waals surface area (Å²) >= 11 is 6.07. The maximum absolute atomic E-state index is 13.3. The molecule has 3 aliphatic rings. The number of benzene rings is 2. The van der Waals surface area contributed by atoms with E-state index in [4.69, 9.17) is 11.6 Å². The van der Waals surface area contributed by atoms with Crippen LogP contribution in [0.3, 0.4) is 0 Å². The molecular weight excluding hydrogens is 376 g/mol. The highest BCUT2D eigenvalue weighted by Crippen LogP contribution is 2.41. The van der Waals surface area contributed by atoms with Gasteiger partial charge in [0.1, 0.15) is 0 Å². The van der Waals surface area contributed by atoms with Gasteiger partial charge in [-0.3, -0.25) is 14.4 Å². The van der Waals surface area contributed by atoms with Gasteiger partial charge in [0, 0.05) is 42.2 Å². The third-order valence-corrected chi connectivity index (χ3v) is 6.58. The molecule has 2 saturated heterocycles. The van der Waals surface area contributed by atoms with E-state index in [9.17, 15) is 14.4 Å². The molecule has 0 bridgehead atoms. The van der Waals surface area contributed by atoms with Crippen LogP contribution in [0.15, 0.2) is 36.4 Å². The fourth-order valence-electron chi connectivity index (χ4n) is 4.73. The van der Waals surface area contributed by atoms with Crippen molar-refractivity contribution in [2.45, 2.75) is 19.3 Å². The number of halogens is 1. The van der Waals surface area contributed by atoms with E-state index in [2.05, 4.69) is 5.32 Å². The SMILES string of the molecule is O=C1CC2(CCN(C(=O)c3cccc4c3C(=O)c3cc(Cl)ccc3-4)CC2)CN1. The molecule has 1 spiro atoms. The Balaban J connectivity index is 1.44. The van der Waals surface area contributed by atoms with E-state index >= 15 is 0 Å². The van der Waals surface area contributed by atoms with Crippen LogP contribution in [0.1, 0.15) is 45.5 Å². The number of rotatable bonds is 1. The molecule has 0 atom stereocenters. The van der Waals surface area contributed by atoms with Crippen molar-refractivity contribution in [3.8, 4) is 11.1 Å². The molecule has 142 valence electrons. The molecule has 1 N–H and O–H groups in total. The minimum absolute atomic E-state index is 0.0185. The van der Waals surface area contributed by atoms with Gasteiger partial charge in [-0.15, -0.1) is 0 Å². The lowest BCUT2D eigenvalue weighted by Crippen LogP contribution is -2.44. The lowest BCUT2D eigenvalue weighted by atomic mass is 9.77. The number of ketones is 1. The minimum Gasteiger partial charge on any atom is -0.356 e. The van der Waals surface area contributed by atoms with Gasteiger partial charge >= 0.3 is 0 Å². The van der Waals surface area contributed by atoms with Gasteiger partial charge in [-0.25, -0.2) is 0 Å². The van der Waals surface area contributed by atoms with Gasteiger partial charge in [-0.1, -0.05) is 29.8 Å². The Morgan fingerprint density at radius 3 is 2.54 bits per heavy atom. The van der Waals surface area contributed by atoms with Gasteiger partial charge in [-0.2, -0.15) is 0 Å². The molecule has 2 aliphatic heterocycles. The number of carbonyl (C=O) groups is 3. The molecule has 0 saturated carbocycles. The first-order chi connectivity index (χ1) is 13.5. The lowest BCUT2D eigenvalue weighted by molar-refractivity contribution is -0.119. The smallest absolute Gasteiger partial charge is 0.254 e. The van der Waals surface area contributed by atoms with Crippen LogP contribution in [0.25, 0.3) is 11.1 Å². The lowest BCUT2D eigenvalue weighted by Gasteiger charge is -2.38. The molecule has 6 heteroatoms. The molecule has 2 aromatic carbocycles. The van der Waals surface area contributed by atoms with Crippen molar-refractivity contribution in [1.82, 2.24) is 10.2 Å². The Hall–Kier alpha value is -2.66. The third-order valence-electron chi connectivity index (χ3n) is 6.35. The molecule has 0 unspecified atom stereocenters. The molecule has 2 aromatic rings. The Bertz CT molecular complexity index is 1040. The van der Waals surface area contributed by atoms with Crippen LogP contribution < -0.4 is 5.32 Å². The first-order valence-electron chi connectivity index (χ1n) is 9.51. The van der Waals surface area contributed by atoms with Crippen LogP contribution in [0, 0.1) is 5.41 Å². The van der Waals surface area contributed by atoms with Crippen LogP contribution in [-0.4, -0.2) is 42.1 Å². The number of nitrogens with zero attached hydrogens (tertiary/aromatic N) is 1. The fourth-order valence-corrected chi connectivity index (χ4v) is 4.91. The van der Waals surface area contributed by atoms with Crippen molar-refractivity contribution in [2.24, 2.45) is 5.41 Å². The summed E-state index contributed by atoms with van der Waals surface area (Å²) in [7, 11) is 0. The molecule has 2 heterocycles. The van der Waals surface area contributed by atoms with Gasteiger partial charge < -0.3 is 10.2 Å². The van der Waals surface area contributed by atoms with Gasteiger partial charge in [0.25, 0.3) is 5.91 Å². The molecule has 5 rings (SSSR count). The standard InChI is InChI=1S/C22H19ClN2O3/c23-13-4-5-14-15-2-1-3-16(19(15)20(27)17(14)10-13)21(28)25-8-6-22(7-9-25)11-18(26)24-12-22/h1-5,10H,6-9,11-12H2,(H,24,26). The van der Waals surface area contributed by atoms with Gasteiger partial charge in [0.05, 0.1) is 5.56 Å². The first-order valence-corrected chi connectivity index (χ1v) is 9.89. The number of hydrogen-bond donors (Lipinski definition) is 1. The summed E-state index contributed by atoms with van der Waals surface area (Å²) in [5.74, 6) is -0.158. The van der Waals surface area contributed by atoms with Crippen molar-refractivity contribution in [3.63, 3.8) is 0 Å². The van der Waals surface area contributed by atoms with E-state index in [0.717, 1.165) is 24.0 Å².